The van der Waals surface area contributed by atoms with E-state index in [1.54, 1.807) is 18.2 Å². The van der Waals surface area contributed by atoms with Gasteiger partial charge in [-0.3, -0.25) is 10.1 Å². The van der Waals surface area contributed by atoms with E-state index in [1.807, 2.05) is 0 Å². The van der Waals surface area contributed by atoms with Gasteiger partial charge in [0.25, 0.3) is 0 Å². The molecular formula is C13H14F3NO4. The molecule has 0 aliphatic rings. The molecule has 2 atom stereocenters. The van der Waals surface area contributed by atoms with Crippen molar-refractivity contribution in [2.45, 2.75) is 12.2 Å². The molecule has 0 aromatic heterocycles. The number of alkyl halides is 3. The number of ether oxygens (including phenoxy) is 1. The first-order valence-corrected chi connectivity index (χ1v) is 5.93. The van der Waals surface area contributed by atoms with E-state index < -0.39 is 36.6 Å². The van der Waals surface area contributed by atoms with Crippen molar-refractivity contribution in [3.8, 4) is 0 Å². The molecule has 1 aromatic rings. The van der Waals surface area contributed by atoms with Crippen molar-refractivity contribution in [3.05, 3.63) is 35.9 Å². The van der Waals surface area contributed by atoms with Crippen LogP contribution in [0.2, 0.25) is 0 Å². The number of nitrogens with one attached hydrogen (secondary N) is 1. The minimum absolute atomic E-state index is 0.385. The molecule has 0 amide bonds. The summed E-state index contributed by atoms with van der Waals surface area (Å²) >= 11 is 0. The fourth-order valence-electron chi connectivity index (χ4n) is 1.68. The van der Waals surface area contributed by atoms with Gasteiger partial charge in [-0.25, -0.2) is 4.79 Å². The molecule has 21 heavy (non-hydrogen) atoms. The van der Waals surface area contributed by atoms with Crippen LogP contribution in [0.1, 0.15) is 11.6 Å². The SMILES string of the molecule is COC(=O)C(NCC(C(=O)O)C(F)(F)F)c1ccccc1. The van der Waals surface area contributed by atoms with Crippen LogP contribution in [0, 0.1) is 5.92 Å². The predicted octanol–water partition coefficient (Wildman–Crippen LogP) is 1.75. The Morgan fingerprint density at radius 1 is 1.29 bits per heavy atom. The summed E-state index contributed by atoms with van der Waals surface area (Å²) in [6.07, 6.45) is -4.91. The zero-order chi connectivity index (χ0) is 16.0. The second kappa shape index (κ2) is 7.07. The Morgan fingerprint density at radius 2 is 1.86 bits per heavy atom. The van der Waals surface area contributed by atoms with Crippen LogP contribution in [0.4, 0.5) is 13.2 Å². The van der Waals surface area contributed by atoms with Crippen LogP contribution >= 0.6 is 0 Å². The highest BCUT2D eigenvalue weighted by Crippen LogP contribution is 2.26. The lowest BCUT2D eigenvalue weighted by Crippen LogP contribution is -2.42. The van der Waals surface area contributed by atoms with Crippen LogP contribution in [0.15, 0.2) is 30.3 Å². The number of methoxy groups -OCH3 is 1. The third-order valence-electron chi connectivity index (χ3n) is 2.79. The zero-order valence-electron chi connectivity index (χ0n) is 11.1. The molecular weight excluding hydrogens is 291 g/mol. The molecule has 0 saturated heterocycles. The van der Waals surface area contributed by atoms with Crippen LogP contribution in [0.3, 0.4) is 0 Å². The van der Waals surface area contributed by atoms with Crippen LogP contribution in [-0.2, 0) is 14.3 Å². The van der Waals surface area contributed by atoms with Crippen LogP contribution in [0.5, 0.6) is 0 Å². The largest absolute Gasteiger partial charge is 0.481 e. The summed E-state index contributed by atoms with van der Waals surface area (Å²) in [6.45, 7) is -0.937. The molecule has 2 N–H and O–H groups in total. The van der Waals surface area contributed by atoms with E-state index >= 15 is 0 Å². The Hall–Kier alpha value is -2.09. The molecule has 1 rings (SSSR count). The highest BCUT2D eigenvalue weighted by molar-refractivity contribution is 5.77. The fraction of sp³-hybridized carbons (Fsp3) is 0.385. The highest BCUT2D eigenvalue weighted by atomic mass is 19.4. The Kier molecular flexibility index (Phi) is 5.71. The Morgan fingerprint density at radius 3 is 2.29 bits per heavy atom. The average Bonchev–Trinajstić information content (AvgIpc) is 2.42. The summed E-state index contributed by atoms with van der Waals surface area (Å²) in [5.41, 5.74) is 0.385. The number of hydrogen-bond acceptors (Lipinski definition) is 4. The van der Waals surface area contributed by atoms with Crippen molar-refractivity contribution >= 4 is 11.9 Å². The Balaban J connectivity index is 2.88. The van der Waals surface area contributed by atoms with Gasteiger partial charge in [0.1, 0.15) is 6.04 Å². The highest BCUT2D eigenvalue weighted by Gasteiger charge is 2.45. The molecule has 0 heterocycles. The number of hydrogen-bond donors (Lipinski definition) is 2. The van der Waals surface area contributed by atoms with Crippen molar-refractivity contribution in [2.24, 2.45) is 5.92 Å². The standard InChI is InChI=1S/C13H14F3NO4/c1-21-12(20)10(8-5-3-2-4-6-8)17-7-9(11(18)19)13(14,15)16/h2-6,9-10,17H,7H2,1H3,(H,18,19). The number of carbonyl (C=O) groups excluding carboxylic acids is 1. The third-order valence-corrected chi connectivity index (χ3v) is 2.79. The summed E-state index contributed by atoms with van der Waals surface area (Å²) in [5.74, 6) is -5.41. The number of rotatable bonds is 6. The second-order valence-corrected chi connectivity index (χ2v) is 4.21. The number of carboxylic acid groups (broad SMARTS) is 1. The molecule has 8 heteroatoms. The third kappa shape index (κ3) is 4.75. The molecule has 0 aliphatic carbocycles. The molecule has 0 saturated carbocycles. The number of benzene rings is 1. The van der Waals surface area contributed by atoms with Gasteiger partial charge in [-0.05, 0) is 5.56 Å². The van der Waals surface area contributed by atoms with Crippen molar-refractivity contribution in [2.75, 3.05) is 13.7 Å². The smallest absolute Gasteiger partial charge is 0.403 e. The number of carbonyl (C=O) groups is 2. The fourth-order valence-corrected chi connectivity index (χ4v) is 1.68. The maximum Gasteiger partial charge on any atom is 0.403 e. The van der Waals surface area contributed by atoms with E-state index in [2.05, 4.69) is 10.1 Å². The van der Waals surface area contributed by atoms with Crippen molar-refractivity contribution < 1.29 is 32.6 Å². The monoisotopic (exact) mass is 305 g/mol. The van der Waals surface area contributed by atoms with E-state index in [0.29, 0.717) is 5.56 Å². The summed E-state index contributed by atoms with van der Waals surface area (Å²) < 4.78 is 42.2. The molecule has 0 fully saturated rings. The second-order valence-electron chi connectivity index (χ2n) is 4.21. The molecule has 5 nitrogen and oxygen atoms in total. The first-order valence-electron chi connectivity index (χ1n) is 5.93. The minimum Gasteiger partial charge on any atom is -0.481 e. The minimum atomic E-state index is -4.91. The van der Waals surface area contributed by atoms with Crippen molar-refractivity contribution in [3.63, 3.8) is 0 Å². The van der Waals surface area contributed by atoms with Crippen LogP contribution in [0.25, 0.3) is 0 Å². The lowest BCUT2D eigenvalue weighted by molar-refractivity contribution is -0.193. The average molecular weight is 305 g/mol. The van der Waals surface area contributed by atoms with E-state index in [9.17, 15) is 22.8 Å². The number of aliphatic carboxylic acids is 1. The molecule has 0 bridgehead atoms. The number of carboxylic acids is 1. The lowest BCUT2D eigenvalue weighted by Gasteiger charge is -2.21. The quantitative estimate of drug-likeness (QED) is 0.783. The van der Waals surface area contributed by atoms with Crippen LogP contribution in [-0.4, -0.2) is 36.9 Å². The predicted molar refractivity (Wildman–Crippen MR) is 66.4 cm³/mol. The van der Waals surface area contributed by atoms with E-state index in [4.69, 9.17) is 5.11 Å². The summed E-state index contributed by atoms with van der Waals surface area (Å²) in [7, 11) is 1.10. The lowest BCUT2D eigenvalue weighted by atomic mass is 10.0. The molecule has 0 aliphatic heterocycles. The van der Waals surface area contributed by atoms with Crippen molar-refractivity contribution in [1.82, 2.24) is 5.32 Å². The zero-order valence-corrected chi connectivity index (χ0v) is 11.1. The van der Waals surface area contributed by atoms with E-state index in [-0.39, 0.29) is 0 Å². The Bertz CT molecular complexity index is 490. The number of esters is 1. The maximum absolute atomic E-state index is 12.6. The van der Waals surface area contributed by atoms with Gasteiger partial charge in [0.15, 0.2) is 5.92 Å². The maximum atomic E-state index is 12.6. The molecule has 116 valence electrons. The first kappa shape index (κ1) is 17.0. The molecule has 2 unspecified atom stereocenters. The van der Waals surface area contributed by atoms with Gasteiger partial charge in [0.05, 0.1) is 7.11 Å². The summed E-state index contributed by atoms with van der Waals surface area (Å²) in [6, 6.07) is 6.76. The van der Waals surface area contributed by atoms with Gasteiger partial charge in [0, 0.05) is 6.54 Å². The summed E-state index contributed by atoms with van der Waals surface area (Å²) in [5, 5.41) is 10.9. The van der Waals surface area contributed by atoms with E-state index in [1.165, 1.54) is 12.1 Å². The first-order chi connectivity index (χ1) is 9.77. The van der Waals surface area contributed by atoms with Gasteiger partial charge in [-0.1, -0.05) is 30.3 Å². The molecule has 0 radical (unpaired) electrons. The normalized spacial score (nSPS) is 14.3. The van der Waals surface area contributed by atoms with Gasteiger partial charge in [-0.15, -0.1) is 0 Å². The topological polar surface area (TPSA) is 75.6 Å². The van der Waals surface area contributed by atoms with Gasteiger partial charge < -0.3 is 9.84 Å². The van der Waals surface area contributed by atoms with Crippen molar-refractivity contribution in [1.29, 1.82) is 0 Å². The van der Waals surface area contributed by atoms with E-state index in [0.717, 1.165) is 7.11 Å². The molecule has 0 spiro atoms. The van der Waals surface area contributed by atoms with Crippen LogP contribution < -0.4 is 5.32 Å². The Labute approximate surface area is 118 Å². The number of halogens is 3. The van der Waals surface area contributed by atoms with Gasteiger partial charge in [0.2, 0.25) is 0 Å². The molecule has 1 aromatic carbocycles. The summed E-state index contributed by atoms with van der Waals surface area (Å²) in [4.78, 5) is 22.3. The van der Waals surface area contributed by atoms with Gasteiger partial charge in [-0.2, -0.15) is 13.2 Å². The van der Waals surface area contributed by atoms with Gasteiger partial charge >= 0.3 is 18.1 Å².